The molecule has 0 amide bonds. The second kappa shape index (κ2) is 6.66. The van der Waals surface area contributed by atoms with Crippen molar-refractivity contribution in [1.29, 1.82) is 0 Å². The maximum Gasteiger partial charge on any atom is 0.348 e. The largest absolute Gasteiger partial charge is 0.465 e. The van der Waals surface area contributed by atoms with Gasteiger partial charge >= 0.3 is 5.97 Å². The molecular weight excluding hydrogens is 350 g/mol. The molecule has 2 aromatic heterocycles. The second-order valence-electron chi connectivity index (χ2n) is 6.61. The van der Waals surface area contributed by atoms with Crippen molar-refractivity contribution in [1.82, 2.24) is 9.97 Å². The van der Waals surface area contributed by atoms with Crippen LogP contribution in [0.15, 0.2) is 29.1 Å². The van der Waals surface area contributed by atoms with Gasteiger partial charge in [0.05, 0.1) is 19.0 Å². The lowest BCUT2D eigenvalue weighted by Crippen LogP contribution is -3.10. The second-order valence-corrected chi connectivity index (χ2v) is 7.61. The van der Waals surface area contributed by atoms with Crippen molar-refractivity contribution >= 4 is 27.5 Å². The van der Waals surface area contributed by atoms with E-state index in [0.29, 0.717) is 33.0 Å². The summed E-state index contributed by atoms with van der Waals surface area (Å²) in [6.07, 6.45) is 1.03. The van der Waals surface area contributed by atoms with E-state index in [2.05, 4.69) is 34.2 Å². The molecule has 26 heavy (non-hydrogen) atoms. The van der Waals surface area contributed by atoms with Gasteiger partial charge in [-0.05, 0) is 18.1 Å². The monoisotopic (exact) mass is 370 g/mol. The minimum atomic E-state index is -0.426. The van der Waals surface area contributed by atoms with E-state index in [1.165, 1.54) is 34.5 Å². The molecule has 0 aliphatic carbocycles. The number of hydrogen-bond donors (Lipinski definition) is 2. The summed E-state index contributed by atoms with van der Waals surface area (Å²) < 4.78 is 4.80. The van der Waals surface area contributed by atoms with E-state index < -0.39 is 5.97 Å². The number of rotatable bonds is 3. The summed E-state index contributed by atoms with van der Waals surface area (Å²) in [5.41, 5.74) is 3.21. The number of quaternary nitrogens is 1. The Balaban J connectivity index is 1.64. The lowest BCUT2D eigenvalue weighted by molar-refractivity contribution is -0.930. The van der Waals surface area contributed by atoms with Crippen LogP contribution in [0.5, 0.6) is 0 Å². The molecule has 0 spiro atoms. The van der Waals surface area contributed by atoms with Gasteiger partial charge in [-0.25, -0.2) is 9.78 Å². The number of carbonyl (C=O) groups is 1. The van der Waals surface area contributed by atoms with Gasteiger partial charge in [0, 0.05) is 12.0 Å². The first-order chi connectivity index (χ1) is 12.6. The molecule has 1 aromatic carbocycles. The highest BCUT2D eigenvalue weighted by molar-refractivity contribution is 7.20. The molecule has 0 fully saturated rings. The van der Waals surface area contributed by atoms with E-state index in [0.717, 1.165) is 19.5 Å². The van der Waals surface area contributed by atoms with E-state index in [1.54, 1.807) is 6.92 Å². The summed E-state index contributed by atoms with van der Waals surface area (Å²) in [4.78, 5) is 34.3. The maximum absolute atomic E-state index is 12.5. The third kappa shape index (κ3) is 2.93. The first-order valence-corrected chi connectivity index (χ1v) is 9.39. The molecule has 0 saturated carbocycles. The summed E-state index contributed by atoms with van der Waals surface area (Å²) >= 11 is 1.22. The Labute approximate surface area is 154 Å². The minimum Gasteiger partial charge on any atom is -0.465 e. The van der Waals surface area contributed by atoms with Crippen LogP contribution < -0.4 is 10.5 Å². The summed E-state index contributed by atoms with van der Waals surface area (Å²) in [5.74, 6) is 0.235. The highest BCUT2D eigenvalue weighted by Gasteiger charge is 2.23. The van der Waals surface area contributed by atoms with Crippen molar-refractivity contribution in [3.8, 4) is 0 Å². The number of benzene rings is 1. The van der Waals surface area contributed by atoms with Crippen molar-refractivity contribution < 1.29 is 14.4 Å². The molecule has 4 rings (SSSR count). The van der Waals surface area contributed by atoms with Crippen molar-refractivity contribution in [2.45, 2.75) is 26.4 Å². The summed E-state index contributed by atoms with van der Waals surface area (Å²) in [6.45, 7) is 4.35. The molecule has 134 valence electrons. The van der Waals surface area contributed by atoms with E-state index in [9.17, 15) is 9.59 Å². The van der Waals surface area contributed by atoms with Crippen molar-refractivity contribution in [2.75, 3.05) is 13.7 Å². The van der Waals surface area contributed by atoms with E-state index in [-0.39, 0.29) is 5.56 Å². The van der Waals surface area contributed by atoms with Gasteiger partial charge in [0.15, 0.2) is 5.82 Å². The van der Waals surface area contributed by atoms with Crippen LogP contribution in [0.2, 0.25) is 0 Å². The Morgan fingerprint density at radius 1 is 1.35 bits per heavy atom. The first-order valence-electron chi connectivity index (χ1n) is 8.57. The lowest BCUT2D eigenvalue weighted by atomic mass is 10.00. The zero-order valence-corrected chi connectivity index (χ0v) is 15.5. The number of aromatic nitrogens is 2. The maximum atomic E-state index is 12.5. The minimum absolute atomic E-state index is 0.189. The first kappa shape index (κ1) is 16.9. The SMILES string of the molecule is COC(=O)c1sc2nc(C[NH+]3CCc4ccccc4C3)[nH]c(=O)c2c1C. The number of ether oxygens (including phenoxy) is 1. The molecule has 3 aromatic rings. The number of methoxy groups -OCH3 is 1. The van der Waals surface area contributed by atoms with Gasteiger partial charge in [0.2, 0.25) is 0 Å². The number of aryl methyl sites for hydroxylation is 1. The Bertz CT molecular complexity index is 1050. The van der Waals surface area contributed by atoms with Crippen LogP contribution in [0.25, 0.3) is 10.2 Å². The molecule has 0 bridgehead atoms. The number of nitrogens with zero attached hydrogens (tertiary/aromatic N) is 1. The zero-order chi connectivity index (χ0) is 18.3. The fourth-order valence-corrected chi connectivity index (χ4v) is 4.71. The van der Waals surface area contributed by atoms with Gasteiger partial charge in [0.25, 0.3) is 5.56 Å². The normalized spacial score (nSPS) is 16.5. The third-order valence-electron chi connectivity index (χ3n) is 4.94. The number of thiophene rings is 1. The number of aromatic amines is 1. The van der Waals surface area contributed by atoms with Crippen LogP contribution in [-0.2, 0) is 24.2 Å². The van der Waals surface area contributed by atoms with Crippen molar-refractivity contribution in [3.63, 3.8) is 0 Å². The number of fused-ring (bicyclic) bond motifs is 2. The zero-order valence-electron chi connectivity index (χ0n) is 14.7. The molecule has 1 atom stereocenters. The Hall–Kier alpha value is -2.51. The van der Waals surface area contributed by atoms with E-state index in [1.807, 2.05) is 0 Å². The Morgan fingerprint density at radius 3 is 2.88 bits per heavy atom. The molecule has 1 unspecified atom stereocenters. The van der Waals surface area contributed by atoms with Gasteiger partial charge in [-0.3, -0.25) is 4.79 Å². The van der Waals surface area contributed by atoms with Crippen LogP contribution in [0, 0.1) is 6.92 Å². The number of nitrogens with one attached hydrogen (secondary N) is 2. The van der Waals surface area contributed by atoms with Crippen LogP contribution in [-0.4, -0.2) is 29.6 Å². The lowest BCUT2D eigenvalue weighted by Gasteiger charge is -2.25. The standard InChI is InChI=1S/C19H19N3O3S/c1-11-15-17(23)20-14(21-18(15)26-16(11)19(24)25-2)10-22-8-7-12-5-3-4-6-13(12)9-22/h3-6H,7-10H2,1-2H3,(H,20,21,23)/p+1. The summed E-state index contributed by atoms with van der Waals surface area (Å²) in [5, 5.41) is 0.484. The molecule has 1 aliphatic rings. The predicted molar refractivity (Wildman–Crippen MR) is 99.7 cm³/mol. The van der Waals surface area contributed by atoms with E-state index >= 15 is 0 Å². The average Bonchev–Trinajstić information content (AvgIpc) is 2.98. The topological polar surface area (TPSA) is 76.5 Å². The van der Waals surface area contributed by atoms with Crippen LogP contribution in [0.4, 0.5) is 0 Å². The third-order valence-corrected chi connectivity index (χ3v) is 6.11. The number of carbonyl (C=O) groups excluding carboxylic acids is 1. The molecule has 2 N–H and O–H groups in total. The van der Waals surface area contributed by atoms with Crippen LogP contribution in [0.3, 0.4) is 0 Å². The van der Waals surface area contributed by atoms with Gasteiger partial charge in [0.1, 0.15) is 22.8 Å². The van der Waals surface area contributed by atoms with Crippen LogP contribution >= 0.6 is 11.3 Å². The summed E-state index contributed by atoms with van der Waals surface area (Å²) in [6, 6.07) is 8.49. The van der Waals surface area contributed by atoms with Gasteiger partial charge in [-0.1, -0.05) is 24.3 Å². The average molecular weight is 370 g/mol. The highest BCUT2D eigenvalue weighted by Crippen LogP contribution is 2.27. The van der Waals surface area contributed by atoms with Crippen LogP contribution in [0.1, 0.15) is 32.2 Å². The fraction of sp³-hybridized carbons (Fsp3) is 0.316. The molecule has 0 radical (unpaired) electrons. The molecule has 3 heterocycles. The molecule has 7 heteroatoms. The highest BCUT2D eigenvalue weighted by atomic mass is 32.1. The Kier molecular flexibility index (Phi) is 4.34. The van der Waals surface area contributed by atoms with E-state index in [4.69, 9.17) is 4.74 Å². The van der Waals surface area contributed by atoms with Gasteiger partial charge in [-0.2, -0.15) is 0 Å². The summed E-state index contributed by atoms with van der Waals surface area (Å²) in [7, 11) is 1.34. The molecule has 0 saturated heterocycles. The van der Waals surface area contributed by atoms with Gasteiger partial charge in [-0.15, -0.1) is 11.3 Å². The van der Waals surface area contributed by atoms with Gasteiger partial charge < -0.3 is 14.6 Å². The number of hydrogen-bond acceptors (Lipinski definition) is 5. The number of esters is 1. The smallest absolute Gasteiger partial charge is 0.348 e. The quantitative estimate of drug-likeness (QED) is 0.680. The number of H-pyrrole nitrogens is 1. The molecule has 1 aliphatic heterocycles. The predicted octanol–water partition coefficient (Wildman–Crippen LogP) is 1.22. The van der Waals surface area contributed by atoms with Crippen molar-refractivity contribution in [2.24, 2.45) is 0 Å². The fourth-order valence-electron chi connectivity index (χ4n) is 3.59. The Morgan fingerprint density at radius 2 is 2.12 bits per heavy atom. The molecule has 6 nitrogen and oxygen atoms in total. The van der Waals surface area contributed by atoms with Crippen molar-refractivity contribution in [3.05, 3.63) is 62.0 Å². The molecular formula is C19H20N3O3S+.